The molecule has 4 heteroatoms. The number of nitrogens with zero attached hydrogens (tertiary/aromatic N) is 1. The summed E-state index contributed by atoms with van der Waals surface area (Å²) >= 11 is 3.64. The fourth-order valence-electron chi connectivity index (χ4n) is 2.18. The van der Waals surface area contributed by atoms with E-state index in [1.807, 2.05) is 11.8 Å². The highest BCUT2D eigenvalue weighted by Crippen LogP contribution is 2.22. The van der Waals surface area contributed by atoms with Crippen molar-refractivity contribution in [3.05, 3.63) is 22.4 Å². The minimum atomic E-state index is 0.462. The van der Waals surface area contributed by atoms with Crippen molar-refractivity contribution < 1.29 is 0 Å². The first kappa shape index (κ1) is 13.9. The molecular formula is C14H22N2S2. The van der Waals surface area contributed by atoms with Gasteiger partial charge in [0.2, 0.25) is 0 Å². The molecule has 0 aromatic carbocycles. The number of aliphatic imine (C=N–C) groups is 1. The Morgan fingerprint density at radius 3 is 2.94 bits per heavy atom. The quantitative estimate of drug-likeness (QED) is 0.888. The van der Waals surface area contributed by atoms with Crippen LogP contribution in [0.15, 0.2) is 21.8 Å². The maximum absolute atomic E-state index is 4.77. The topological polar surface area (TPSA) is 24.4 Å². The molecular weight excluding hydrogens is 260 g/mol. The van der Waals surface area contributed by atoms with E-state index in [0.29, 0.717) is 12.1 Å². The molecule has 100 valence electrons. The smallest absolute Gasteiger partial charge is 0.157 e. The van der Waals surface area contributed by atoms with Crippen LogP contribution in [-0.4, -0.2) is 23.0 Å². The molecule has 2 atom stereocenters. The standard InChI is InChI=1S/C14H22N2S2/c1-10(2)6-13-9-18-14(16-13)15-11(3)7-12-4-5-17-8-12/h4-5,8,10-11,13H,6-7,9H2,1-3H3,(H,15,16). The Bertz CT molecular complexity index is 385. The first-order valence-electron chi connectivity index (χ1n) is 6.61. The van der Waals surface area contributed by atoms with Crippen LogP contribution in [0, 0.1) is 5.92 Å². The lowest BCUT2D eigenvalue weighted by Crippen LogP contribution is -2.31. The summed E-state index contributed by atoms with van der Waals surface area (Å²) in [5, 5.41) is 9.05. The van der Waals surface area contributed by atoms with E-state index in [1.165, 1.54) is 12.0 Å². The molecule has 0 radical (unpaired) electrons. The maximum Gasteiger partial charge on any atom is 0.157 e. The van der Waals surface area contributed by atoms with Crippen molar-refractivity contribution in [1.82, 2.24) is 5.32 Å². The number of thiophene rings is 1. The third-order valence-electron chi connectivity index (χ3n) is 2.95. The lowest BCUT2D eigenvalue weighted by atomic mass is 10.1. The van der Waals surface area contributed by atoms with Gasteiger partial charge in [-0.05, 0) is 48.1 Å². The van der Waals surface area contributed by atoms with Crippen LogP contribution < -0.4 is 5.32 Å². The number of nitrogens with one attached hydrogen (secondary N) is 1. The van der Waals surface area contributed by atoms with Gasteiger partial charge in [0, 0.05) is 11.8 Å². The van der Waals surface area contributed by atoms with E-state index >= 15 is 0 Å². The van der Waals surface area contributed by atoms with Gasteiger partial charge in [0.05, 0.1) is 6.04 Å². The predicted octanol–water partition coefficient (Wildman–Crippen LogP) is 3.79. The van der Waals surface area contributed by atoms with E-state index in [1.54, 1.807) is 11.3 Å². The van der Waals surface area contributed by atoms with Crippen molar-refractivity contribution in [2.75, 3.05) is 5.75 Å². The van der Waals surface area contributed by atoms with E-state index in [0.717, 1.165) is 23.3 Å². The van der Waals surface area contributed by atoms with Gasteiger partial charge in [-0.3, -0.25) is 4.99 Å². The van der Waals surface area contributed by atoms with Crippen LogP contribution in [0.4, 0.5) is 0 Å². The highest BCUT2D eigenvalue weighted by Gasteiger charge is 2.20. The second kappa shape index (κ2) is 6.62. The lowest BCUT2D eigenvalue weighted by molar-refractivity contribution is 0.528. The predicted molar refractivity (Wildman–Crippen MR) is 83.8 cm³/mol. The molecule has 2 unspecified atom stereocenters. The van der Waals surface area contributed by atoms with Crippen LogP contribution in [0.2, 0.25) is 0 Å². The Balaban J connectivity index is 1.79. The molecule has 1 aromatic rings. The first-order valence-corrected chi connectivity index (χ1v) is 8.54. The minimum absolute atomic E-state index is 0.462. The summed E-state index contributed by atoms with van der Waals surface area (Å²) in [6.45, 7) is 6.77. The Morgan fingerprint density at radius 2 is 2.28 bits per heavy atom. The minimum Gasteiger partial charge on any atom is -0.362 e. The molecule has 0 spiro atoms. The van der Waals surface area contributed by atoms with Gasteiger partial charge in [-0.25, -0.2) is 0 Å². The average Bonchev–Trinajstić information content (AvgIpc) is 2.89. The largest absolute Gasteiger partial charge is 0.362 e. The third-order valence-corrected chi connectivity index (χ3v) is 4.73. The Kier molecular flexibility index (Phi) is 5.13. The van der Waals surface area contributed by atoms with Crippen LogP contribution in [-0.2, 0) is 6.42 Å². The molecule has 0 saturated heterocycles. The van der Waals surface area contributed by atoms with Crippen molar-refractivity contribution in [1.29, 1.82) is 0 Å². The molecule has 1 N–H and O–H groups in total. The van der Waals surface area contributed by atoms with Crippen molar-refractivity contribution in [3.63, 3.8) is 0 Å². The summed E-state index contributed by atoms with van der Waals surface area (Å²) in [7, 11) is 0. The molecule has 2 rings (SSSR count). The van der Waals surface area contributed by atoms with Crippen LogP contribution in [0.5, 0.6) is 0 Å². The molecule has 0 fully saturated rings. The zero-order valence-electron chi connectivity index (χ0n) is 11.3. The molecule has 1 aliphatic rings. The number of hydrogen-bond donors (Lipinski definition) is 1. The second-order valence-corrected chi connectivity index (χ2v) is 7.20. The van der Waals surface area contributed by atoms with Crippen molar-refractivity contribution in [2.24, 2.45) is 10.9 Å². The first-order chi connectivity index (χ1) is 8.63. The fraction of sp³-hybridized carbons (Fsp3) is 0.643. The number of thioether (sulfide) groups is 1. The van der Waals surface area contributed by atoms with E-state index in [9.17, 15) is 0 Å². The molecule has 2 nitrogen and oxygen atoms in total. The van der Waals surface area contributed by atoms with E-state index < -0.39 is 0 Å². The van der Waals surface area contributed by atoms with Crippen LogP contribution >= 0.6 is 23.1 Å². The molecule has 18 heavy (non-hydrogen) atoms. The van der Waals surface area contributed by atoms with E-state index in [2.05, 4.69) is 42.9 Å². The van der Waals surface area contributed by atoms with Gasteiger partial charge < -0.3 is 5.32 Å². The number of hydrogen-bond acceptors (Lipinski definition) is 4. The summed E-state index contributed by atoms with van der Waals surface area (Å²) in [4.78, 5) is 4.77. The lowest BCUT2D eigenvalue weighted by Gasteiger charge is -2.13. The fourth-order valence-corrected chi connectivity index (χ4v) is 3.93. The van der Waals surface area contributed by atoms with Gasteiger partial charge in [-0.15, -0.1) is 0 Å². The van der Waals surface area contributed by atoms with Crippen LogP contribution in [0.3, 0.4) is 0 Å². The Morgan fingerprint density at radius 1 is 1.44 bits per heavy atom. The summed E-state index contributed by atoms with van der Waals surface area (Å²) in [6.07, 6.45) is 2.29. The summed E-state index contributed by atoms with van der Waals surface area (Å²) in [6, 6.07) is 3.18. The molecule has 0 bridgehead atoms. The van der Waals surface area contributed by atoms with Gasteiger partial charge in [-0.1, -0.05) is 25.6 Å². The van der Waals surface area contributed by atoms with Crippen LogP contribution in [0.1, 0.15) is 32.8 Å². The summed E-state index contributed by atoms with van der Waals surface area (Å²) < 4.78 is 0. The summed E-state index contributed by atoms with van der Waals surface area (Å²) in [5.74, 6) is 1.88. The van der Waals surface area contributed by atoms with E-state index in [4.69, 9.17) is 4.99 Å². The van der Waals surface area contributed by atoms with E-state index in [-0.39, 0.29) is 0 Å². The van der Waals surface area contributed by atoms with Crippen LogP contribution in [0.25, 0.3) is 0 Å². The number of rotatable bonds is 5. The molecule has 0 aliphatic carbocycles. The molecule has 1 aliphatic heterocycles. The molecule has 2 heterocycles. The molecule has 1 aromatic heterocycles. The second-order valence-electron chi connectivity index (χ2n) is 5.41. The van der Waals surface area contributed by atoms with Crippen molar-refractivity contribution in [3.8, 4) is 0 Å². The van der Waals surface area contributed by atoms with Gasteiger partial charge >= 0.3 is 0 Å². The monoisotopic (exact) mass is 282 g/mol. The third kappa shape index (κ3) is 4.32. The Labute approximate surface area is 118 Å². The zero-order valence-corrected chi connectivity index (χ0v) is 13.0. The number of amidine groups is 1. The van der Waals surface area contributed by atoms with Gasteiger partial charge in [-0.2, -0.15) is 11.3 Å². The molecule has 0 amide bonds. The van der Waals surface area contributed by atoms with Gasteiger partial charge in [0.1, 0.15) is 0 Å². The zero-order chi connectivity index (χ0) is 13.0. The highest BCUT2D eigenvalue weighted by atomic mass is 32.2. The van der Waals surface area contributed by atoms with Gasteiger partial charge in [0.15, 0.2) is 5.17 Å². The van der Waals surface area contributed by atoms with Gasteiger partial charge in [0.25, 0.3) is 0 Å². The SMILES string of the molecule is CC(C)CC1CSC(NC(C)Cc2ccsc2)=N1. The normalized spacial score (nSPS) is 21.1. The Hall–Kier alpha value is -0.480. The molecule has 0 saturated carbocycles. The van der Waals surface area contributed by atoms with Crippen molar-refractivity contribution in [2.45, 2.75) is 45.7 Å². The highest BCUT2D eigenvalue weighted by molar-refractivity contribution is 8.14. The summed E-state index contributed by atoms with van der Waals surface area (Å²) in [5.41, 5.74) is 1.42. The average molecular weight is 282 g/mol. The van der Waals surface area contributed by atoms with Crippen molar-refractivity contribution >= 4 is 28.3 Å². The maximum atomic E-state index is 4.77.